The molecule has 0 radical (unpaired) electrons. The SMILES string of the molecule is COc1ccc(CC[C@@]2(C)NC(=O)N(CC(=O)Nc3cccc(Cl)c3)C2=O)cc1. The van der Waals surface area contributed by atoms with Crippen molar-refractivity contribution in [3.05, 3.63) is 59.1 Å². The van der Waals surface area contributed by atoms with Crippen LogP contribution in [0.3, 0.4) is 0 Å². The fraction of sp³-hybridized carbons (Fsp3) is 0.286. The standard InChI is InChI=1S/C21H22ClN3O4/c1-21(11-10-14-6-8-17(29-2)9-7-14)19(27)25(20(28)24-21)13-18(26)23-16-5-3-4-15(22)12-16/h3-9,12H,10-11,13H2,1-2H3,(H,23,26)(H,24,28)/t21-/m1/s1. The Hall–Kier alpha value is -3.06. The number of urea groups is 1. The fourth-order valence-electron chi connectivity index (χ4n) is 3.16. The number of hydrogen-bond acceptors (Lipinski definition) is 4. The van der Waals surface area contributed by atoms with Gasteiger partial charge in [0.05, 0.1) is 7.11 Å². The van der Waals surface area contributed by atoms with Crippen LogP contribution in [-0.4, -0.2) is 41.9 Å². The molecule has 1 heterocycles. The van der Waals surface area contributed by atoms with Crippen LogP contribution in [0.2, 0.25) is 5.02 Å². The monoisotopic (exact) mass is 415 g/mol. The van der Waals surface area contributed by atoms with E-state index in [2.05, 4.69) is 10.6 Å². The summed E-state index contributed by atoms with van der Waals surface area (Å²) in [7, 11) is 1.60. The zero-order valence-corrected chi connectivity index (χ0v) is 17.0. The summed E-state index contributed by atoms with van der Waals surface area (Å²) in [5, 5.41) is 5.83. The molecule has 1 fully saturated rings. The highest BCUT2D eigenvalue weighted by Gasteiger charge is 2.47. The van der Waals surface area contributed by atoms with Crippen molar-refractivity contribution >= 4 is 35.1 Å². The zero-order chi connectivity index (χ0) is 21.0. The first kappa shape index (κ1) is 20.7. The Labute approximate surface area is 174 Å². The summed E-state index contributed by atoms with van der Waals surface area (Å²) in [5.41, 5.74) is 0.455. The van der Waals surface area contributed by atoms with Gasteiger partial charge in [0.2, 0.25) is 5.91 Å². The van der Waals surface area contributed by atoms with Gasteiger partial charge in [-0.15, -0.1) is 0 Å². The van der Waals surface area contributed by atoms with Crippen LogP contribution in [0, 0.1) is 0 Å². The molecule has 1 aliphatic rings. The van der Waals surface area contributed by atoms with Crippen LogP contribution in [0.5, 0.6) is 5.75 Å². The second-order valence-corrected chi connectivity index (χ2v) is 7.50. The van der Waals surface area contributed by atoms with E-state index in [0.717, 1.165) is 16.2 Å². The number of amides is 4. The van der Waals surface area contributed by atoms with Gasteiger partial charge in [0, 0.05) is 10.7 Å². The number of rotatable bonds is 7. The van der Waals surface area contributed by atoms with Gasteiger partial charge in [0.15, 0.2) is 0 Å². The zero-order valence-electron chi connectivity index (χ0n) is 16.2. The van der Waals surface area contributed by atoms with Crippen molar-refractivity contribution < 1.29 is 19.1 Å². The van der Waals surface area contributed by atoms with Gasteiger partial charge in [-0.2, -0.15) is 0 Å². The lowest BCUT2D eigenvalue weighted by atomic mass is 9.93. The van der Waals surface area contributed by atoms with E-state index in [4.69, 9.17) is 16.3 Å². The van der Waals surface area contributed by atoms with Crippen LogP contribution < -0.4 is 15.4 Å². The molecular weight excluding hydrogens is 394 g/mol. The van der Waals surface area contributed by atoms with Gasteiger partial charge >= 0.3 is 6.03 Å². The van der Waals surface area contributed by atoms with Gasteiger partial charge in [-0.1, -0.05) is 29.8 Å². The Morgan fingerprint density at radius 2 is 1.93 bits per heavy atom. The van der Waals surface area contributed by atoms with Crippen LogP contribution in [0.25, 0.3) is 0 Å². The van der Waals surface area contributed by atoms with E-state index in [1.165, 1.54) is 0 Å². The van der Waals surface area contributed by atoms with Crippen molar-refractivity contribution in [3.8, 4) is 5.75 Å². The maximum Gasteiger partial charge on any atom is 0.325 e. The van der Waals surface area contributed by atoms with E-state index in [0.29, 0.717) is 23.6 Å². The summed E-state index contributed by atoms with van der Waals surface area (Å²) >= 11 is 5.90. The molecule has 7 nitrogen and oxygen atoms in total. The number of halogens is 1. The van der Waals surface area contributed by atoms with Crippen LogP contribution in [0.1, 0.15) is 18.9 Å². The van der Waals surface area contributed by atoms with Crippen molar-refractivity contribution in [3.63, 3.8) is 0 Å². The third-order valence-corrected chi connectivity index (χ3v) is 5.06. The van der Waals surface area contributed by atoms with Crippen LogP contribution in [-0.2, 0) is 16.0 Å². The minimum Gasteiger partial charge on any atom is -0.497 e. The van der Waals surface area contributed by atoms with E-state index in [9.17, 15) is 14.4 Å². The third kappa shape index (κ3) is 4.86. The summed E-state index contributed by atoms with van der Waals surface area (Å²) in [6.07, 6.45) is 1.01. The lowest BCUT2D eigenvalue weighted by Crippen LogP contribution is -2.45. The van der Waals surface area contributed by atoms with Crippen LogP contribution >= 0.6 is 11.6 Å². The number of hydrogen-bond donors (Lipinski definition) is 2. The smallest absolute Gasteiger partial charge is 0.325 e. The number of anilines is 1. The highest BCUT2D eigenvalue weighted by atomic mass is 35.5. The molecule has 4 amide bonds. The summed E-state index contributed by atoms with van der Waals surface area (Å²) in [5.74, 6) is -0.144. The number of nitrogens with one attached hydrogen (secondary N) is 2. The first-order chi connectivity index (χ1) is 13.8. The molecule has 2 aromatic carbocycles. The molecular formula is C21H22ClN3O4. The average molecular weight is 416 g/mol. The Kier molecular flexibility index (Phi) is 6.08. The molecule has 8 heteroatoms. The molecule has 0 bridgehead atoms. The Morgan fingerprint density at radius 1 is 1.21 bits per heavy atom. The molecule has 152 valence electrons. The Morgan fingerprint density at radius 3 is 2.59 bits per heavy atom. The van der Waals surface area contributed by atoms with Gasteiger partial charge in [0.1, 0.15) is 17.8 Å². The first-order valence-corrected chi connectivity index (χ1v) is 9.51. The van der Waals surface area contributed by atoms with Crippen molar-refractivity contribution in [1.29, 1.82) is 0 Å². The van der Waals surface area contributed by atoms with E-state index in [1.807, 2.05) is 24.3 Å². The maximum atomic E-state index is 12.8. The molecule has 3 rings (SSSR count). The van der Waals surface area contributed by atoms with E-state index < -0.39 is 23.4 Å². The second-order valence-electron chi connectivity index (χ2n) is 7.06. The van der Waals surface area contributed by atoms with Crippen molar-refractivity contribution in [2.75, 3.05) is 19.0 Å². The molecule has 1 aliphatic heterocycles. The number of carbonyl (C=O) groups excluding carboxylic acids is 3. The summed E-state index contributed by atoms with van der Waals surface area (Å²) in [4.78, 5) is 38.4. The van der Waals surface area contributed by atoms with Crippen molar-refractivity contribution in [2.45, 2.75) is 25.3 Å². The van der Waals surface area contributed by atoms with E-state index in [-0.39, 0.29) is 6.54 Å². The number of imide groups is 1. The van der Waals surface area contributed by atoms with E-state index >= 15 is 0 Å². The number of carbonyl (C=O) groups is 3. The normalized spacial score (nSPS) is 18.5. The minimum atomic E-state index is -1.06. The van der Waals surface area contributed by atoms with Crippen molar-refractivity contribution in [2.24, 2.45) is 0 Å². The number of aryl methyl sites for hydroxylation is 1. The van der Waals surface area contributed by atoms with Crippen molar-refractivity contribution in [1.82, 2.24) is 10.2 Å². The molecule has 0 saturated carbocycles. The molecule has 0 aromatic heterocycles. The van der Waals surface area contributed by atoms with Gasteiger partial charge in [0.25, 0.3) is 5.91 Å². The molecule has 0 aliphatic carbocycles. The van der Waals surface area contributed by atoms with Gasteiger partial charge in [-0.3, -0.25) is 14.5 Å². The Bertz CT molecular complexity index is 932. The number of ether oxygens (including phenoxy) is 1. The van der Waals surface area contributed by atoms with Crippen LogP contribution in [0.15, 0.2) is 48.5 Å². The minimum absolute atomic E-state index is 0.366. The topological polar surface area (TPSA) is 87.7 Å². The number of methoxy groups -OCH3 is 1. The molecule has 0 unspecified atom stereocenters. The predicted molar refractivity (Wildman–Crippen MR) is 110 cm³/mol. The number of nitrogens with zero attached hydrogens (tertiary/aromatic N) is 1. The highest BCUT2D eigenvalue weighted by molar-refractivity contribution is 6.30. The second kappa shape index (κ2) is 8.53. The summed E-state index contributed by atoms with van der Waals surface area (Å²) in [6, 6.07) is 13.6. The molecule has 2 N–H and O–H groups in total. The lowest BCUT2D eigenvalue weighted by molar-refractivity contribution is -0.133. The Balaban J connectivity index is 1.60. The summed E-state index contributed by atoms with van der Waals surface area (Å²) < 4.78 is 5.14. The third-order valence-electron chi connectivity index (χ3n) is 4.83. The molecule has 1 saturated heterocycles. The summed E-state index contributed by atoms with van der Waals surface area (Å²) in [6.45, 7) is 1.31. The highest BCUT2D eigenvalue weighted by Crippen LogP contribution is 2.24. The van der Waals surface area contributed by atoms with Crippen LogP contribution in [0.4, 0.5) is 10.5 Å². The van der Waals surface area contributed by atoms with E-state index in [1.54, 1.807) is 38.3 Å². The number of benzene rings is 2. The fourth-order valence-corrected chi connectivity index (χ4v) is 3.35. The quantitative estimate of drug-likeness (QED) is 0.679. The largest absolute Gasteiger partial charge is 0.497 e. The van der Waals surface area contributed by atoms with Gasteiger partial charge < -0.3 is 15.4 Å². The van der Waals surface area contributed by atoms with Gasteiger partial charge in [-0.25, -0.2) is 4.79 Å². The predicted octanol–water partition coefficient (Wildman–Crippen LogP) is 3.23. The average Bonchev–Trinajstić information content (AvgIpc) is 2.90. The molecule has 1 atom stereocenters. The molecule has 29 heavy (non-hydrogen) atoms. The molecule has 2 aromatic rings. The first-order valence-electron chi connectivity index (χ1n) is 9.13. The molecule has 0 spiro atoms. The lowest BCUT2D eigenvalue weighted by Gasteiger charge is -2.21. The van der Waals surface area contributed by atoms with Gasteiger partial charge in [-0.05, 0) is 55.7 Å². The maximum absolute atomic E-state index is 12.8.